The Morgan fingerprint density at radius 2 is 1.92 bits per heavy atom. The maximum atomic E-state index is 12.6. The highest BCUT2D eigenvalue weighted by molar-refractivity contribution is 5.82. The molecule has 0 aromatic heterocycles. The number of hydrogen-bond acceptors (Lipinski definition) is 3. The molecule has 0 bridgehead atoms. The molecule has 0 radical (unpaired) electrons. The van der Waals surface area contributed by atoms with Gasteiger partial charge in [0.1, 0.15) is 6.29 Å². The summed E-state index contributed by atoms with van der Waals surface area (Å²) in [5.41, 5.74) is 2.27. The Balaban J connectivity index is 1.78. The zero-order chi connectivity index (χ0) is 18.9. The van der Waals surface area contributed by atoms with Crippen LogP contribution in [0.1, 0.15) is 50.7 Å². The quantitative estimate of drug-likeness (QED) is 0.689. The Morgan fingerprint density at radius 1 is 1.27 bits per heavy atom. The van der Waals surface area contributed by atoms with Gasteiger partial charge in [-0.1, -0.05) is 50.1 Å². The Morgan fingerprint density at radius 3 is 2.50 bits per heavy atom. The van der Waals surface area contributed by atoms with Crippen molar-refractivity contribution in [3.63, 3.8) is 0 Å². The van der Waals surface area contributed by atoms with E-state index in [0.717, 1.165) is 50.2 Å². The van der Waals surface area contributed by atoms with Gasteiger partial charge < -0.3 is 15.0 Å². The van der Waals surface area contributed by atoms with Crippen molar-refractivity contribution in [2.45, 2.75) is 58.9 Å². The van der Waals surface area contributed by atoms with Crippen LogP contribution in [0.5, 0.6) is 0 Å². The second-order valence-electron chi connectivity index (χ2n) is 7.91. The first-order valence-corrected chi connectivity index (χ1v) is 10.0. The summed E-state index contributed by atoms with van der Waals surface area (Å²) < 4.78 is 0. The minimum atomic E-state index is -0.437. The second-order valence-corrected chi connectivity index (χ2v) is 7.91. The zero-order valence-corrected chi connectivity index (χ0v) is 16.5. The van der Waals surface area contributed by atoms with Gasteiger partial charge >= 0.3 is 0 Å². The lowest BCUT2D eigenvalue weighted by Crippen LogP contribution is -2.45. The van der Waals surface area contributed by atoms with Crippen LogP contribution in [0.25, 0.3) is 0 Å². The van der Waals surface area contributed by atoms with Crippen LogP contribution in [0.3, 0.4) is 0 Å². The average Bonchev–Trinajstić information content (AvgIpc) is 2.63. The standard InChI is InChI=1S/C22H34N2O2/c1-4-5-18(3)15-24-12-10-20(11-13-24)22(26)23-21(16-25)14-19-8-6-17(2)7-9-19/h6-9,16,18,20-21H,4-5,10-15H2,1-3H3,(H,23,26)/t18-,21?/m0/s1. The van der Waals surface area contributed by atoms with Gasteiger partial charge in [-0.25, -0.2) is 0 Å². The summed E-state index contributed by atoms with van der Waals surface area (Å²) in [5.74, 6) is 0.794. The van der Waals surface area contributed by atoms with Gasteiger partial charge in [0.2, 0.25) is 5.91 Å². The molecule has 1 aliphatic heterocycles. The number of likely N-dealkylation sites (tertiary alicyclic amines) is 1. The lowest BCUT2D eigenvalue weighted by molar-refractivity contribution is -0.128. The third kappa shape index (κ3) is 6.56. The van der Waals surface area contributed by atoms with Crippen molar-refractivity contribution in [1.82, 2.24) is 10.2 Å². The largest absolute Gasteiger partial charge is 0.346 e. The highest BCUT2D eigenvalue weighted by Crippen LogP contribution is 2.19. The zero-order valence-electron chi connectivity index (χ0n) is 16.5. The molecule has 4 heteroatoms. The van der Waals surface area contributed by atoms with Gasteiger partial charge in [0, 0.05) is 12.5 Å². The number of piperidine rings is 1. The van der Waals surface area contributed by atoms with Crippen molar-refractivity contribution in [2.75, 3.05) is 19.6 Å². The average molecular weight is 359 g/mol. The van der Waals surface area contributed by atoms with Crippen molar-refractivity contribution in [3.05, 3.63) is 35.4 Å². The fourth-order valence-electron chi connectivity index (χ4n) is 3.81. The minimum absolute atomic E-state index is 0.0354. The second kappa shape index (κ2) is 10.5. The number of amides is 1. The molecule has 1 heterocycles. The van der Waals surface area contributed by atoms with E-state index in [-0.39, 0.29) is 11.8 Å². The number of aryl methyl sites for hydroxylation is 1. The molecule has 1 unspecified atom stereocenters. The summed E-state index contributed by atoms with van der Waals surface area (Å²) in [6.45, 7) is 9.67. The molecule has 1 fully saturated rings. The van der Waals surface area contributed by atoms with E-state index in [1.54, 1.807) is 0 Å². The van der Waals surface area contributed by atoms with Crippen LogP contribution < -0.4 is 5.32 Å². The van der Waals surface area contributed by atoms with Crippen LogP contribution in [-0.2, 0) is 16.0 Å². The van der Waals surface area contributed by atoms with Gasteiger partial charge in [0.25, 0.3) is 0 Å². The molecule has 144 valence electrons. The maximum absolute atomic E-state index is 12.6. The van der Waals surface area contributed by atoms with Crippen LogP contribution in [0.2, 0.25) is 0 Å². The van der Waals surface area contributed by atoms with Gasteiger partial charge in [-0.2, -0.15) is 0 Å². The first kappa shape index (κ1) is 20.6. The lowest BCUT2D eigenvalue weighted by Gasteiger charge is -2.33. The van der Waals surface area contributed by atoms with Gasteiger partial charge in [-0.3, -0.25) is 4.79 Å². The van der Waals surface area contributed by atoms with E-state index in [0.29, 0.717) is 6.42 Å². The Kier molecular flexibility index (Phi) is 8.30. The number of nitrogens with zero attached hydrogens (tertiary/aromatic N) is 1. The van der Waals surface area contributed by atoms with Gasteiger partial charge in [0.05, 0.1) is 6.04 Å². The summed E-state index contributed by atoms with van der Waals surface area (Å²) in [7, 11) is 0. The maximum Gasteiger partial charge on any atom is 0.223 e. The first-order chi connectivity index (χ1) is 12.5. The van der Waals surface area contributed by atoms with Crippen molar-refractivity contribution in [3.8, 4) is 0 Å². The Bertz CT molecular complexity index is 562. The summed E-state index contributed by atoms with van der Waals surface area (Å²) in [5, 5.41) is 2.95. The van der Waals surface area contributed by atoms with Gasteiger partial charge in [0.15, 0.2) is 0 Å². The van der Waals surface area contributed by atoms with Crippen molar-refractivity contribution in [1.29, 1.82) is 0 Å². The number of nitrogens with one attached hydrogen (secondary N) is 1. The van der Waals surface area contributed by atoms with Crippen LogP contribution >= 0.6 is 0 Å². The SMILES string of the molecule is CCC[C@H](C)CN1CCC(C(=O)NC(C=O)Cc2ccc(C)cc2)CC1. The lowest BCUT2D eigenvalue weighted by atomic mass is 9.94. The van der Waals surface area contributed by atoms with Crippen LogP contribution in [-0.4, -0.2) is 42.8 Å². The highest BCUT2D eigenvalue weighted by Gasteiger charge is 2.26. The fourth-order valence-corrected chi connectivity index (χ4v) is 3.81. The third-order valence-corrected chi connectivity index (χ3v) is 5.38. The normalized spacial score (nSPS) is 18.3. The summed E-state index contributed by atoms with van der Waals surface area (Å²) in [6.07, 6.45) is 5.69. The van der Waals surface area contributed by atoms with Crippen molar-refractivity contribution < 1.29 is 9.59 Å². The van der Waals surface area contributed by atoms with Crippen molar-refractivity contribution in [2.24, 2.45) is 11.8 Å². The van der Waals surface area contributed by atoms with Crippen LogP contribution in [0.15, 0.2) is 24.3 Å². The first-order valence-electron chi connectivity index (χ1n) is 10.0. The molecule has 1 amide bonds. The van der Waals surface area contributed by atoms with E-state index in [1.807, 2.05) is 31.2 Å². The summed E-state index contributed by atoms with van der Waals surface area (Å²) in [6, 6.07) is 7.68. The number of benzene rings is 1. The Hall–Kier alpha value is -1.68. The van der Waals surface area contributed by atoms with E-state index in [2.05, 4.69) is 24.1 Å². The highest BCUT2D eigenvalue weighted by atomic mass is 16.2. The molecule has 2 atom stereocenters. The molecule has 26 heavy (non-hydrogen) atoms. The number of carbonyl (C=O) groups is 2. The number of rotatable bonds is 9. The fraction of sp³-hybridized carbons (Fsp3) is 0.636. The predicted molar refractivity (Wildman–Crippen MR) is 106 cm³/mol. The van der Waals surface area contributed by atoms with Crippen molar-refractivity contribution >= 4 is 12.2 Å². The summed E-state index contributed by atoms with van der Waals surface area (Å²) >= 11 is 0. The van der Waals surface area contributed by atoms with E-state index < -0.39 is 6.04 Å². The molecular formula is C22H34N2O2. The van der Waals surface area contributed by atoms with Crippen LogP contribution in [0.4, 0.5) is 0 Å². The van der Waals surface area contributed by atoms with E-state index >= 15 is 0 Å². The molecule has 1 aromatic carbocycles. The van der Waals surface area contributed by atoms with E-state index in [1.165, 1.54) is 18.4 Å². The Labute approximate surface area is 158 Å². The van der Waals surface area contributed by atoms with E-state index in [9.17, 15) is 9.59 Å². The van der Waals surface area contributed by atoms with Gasteiger partial charge in [-0.15, -0.1) is 0 Å². The number of hydrogen-bond donors (Lipinski definition) is 1. The predicted octanol–water partition coefficient (Wildman–Crippen LogP) is 3.37. The molecule has 0 aliphatic carbocycles. The number of carbonyl (C=O) groups excluding carboxylic acids is 2. The van der Waals surface area contributed by atoms with Gasteiger partial charge in [-0.05, 0) is 57.2 Å². The van der Waals surface area contributed by atoms with Crippen LogP contribution in [0, 0.1) is 18.8 Å². The van der Waals surface area contributed by atoms with E-state index in [4.69, 9.17) is 0 Å². The molecule has 2 rings (SSSR count). The monoisotopic (exact) mass is 358 g/mol. The molecule has 1 aliphatic rings. The number of aldehydes is 1. The smallest absolute Gasteiger partial charge is 0.223 e. The molecule has 0 saturated carbocycles. The molecule has 0 spiro atoms. The minimum Gasteiger partial charge on any atom is -0.346 e. The molecular weight excluding hydrogens is 324 g/mol. The molecule has 1 saturated heterocycles. The topological polar surface area (TPSA) is 49.4 Å². The molecule has 1 N–H and O–H groups in total. The molecule has 4 nitrogen and oxygen atoms in total. The molecule has 1 aromatic rings. The summed E-state index contributed by atoms with van der Waals surface area (Å²) in [4.78, 5) is 26.4. The third-order valence-electron chi connectivity index (χ3n) is 5.38.